The Hall–Kier alpha value is -1.36. The predicted octanol–water partition coefficient (Wildman–Crippen LogP) is 1.07. The molecule has 1 unspecified atom stereocenters. The highest BCUT2D eigenvalue weighted by atomic mass is 79.9. The van der Waals surface area contributed by atoms with Crippen molar-refractivity contribution in [1.82, 2.24) is 10.6 Å². The van der Waals surface area contributed by atoms with E-state index in [9.17, 15) is 9.59 Å². The van der Waals surface area contributed by atoms with Crippen molar-refractivity contribution >= 4 is 27.9 Å². The largest absolute Gasteiger partial charge is 0.323 e. The van der Waals surface area contributed by atoms with Crippen LogP contribution >= 0.6 is 15.9 Å². The standard InChI is InChI=1S/C9H7BrN2O2/c10-9(6-4-2-1-3-5-6)7(13)11-8(14)12-9/h1-5H,(H2,11,12,13,14). The highest BCUT2D eigenvalue weighted by Crippen LogP contribution is 2.30. The maximum atomic E-state index is 11.5. The zero-order valence-electron chi connectivity index (χ0n) is 7.08. The first-order valence-corrected chi connectivity index (χ1v) is 4.80. The van der Waals surface area contributed by atoms with Crippen LogP contribution < -0.4 is 10.6 Å². The minimum absolute atomic E-state index is 0.395. The summed E-state index contributed by atoms with van der Waals surface area (Å²) in [5.74, 6) is -0.395. The lowest BCUT2D eigenvalue weighted by Gasteiger charge is -2.18. The van der Waals surface area contributed by atoms with Crippen LogP contribution in [0.3, 0.4) is 0 Å². The molecule has 1 heterocycles. The number of rotatable bonds is 1. The third-order valence-electron chi connectivity index (χ3n) is 2.00. The van der Waals surface area contributed by atoms with Crippen molar-refractivity contribution in [2.24, 2.45) is 0 Å². The molecule has 1 fully saturated rings. The molecule has 14 heavy (non-hydrogen) atoms. The van der Waals surface area contributed by atoms with E-state index in [0.29, 0.717) is 5.56 Å². The number of imide groups is 1. The van der Waals surface area contributed by atoms with E-state index in [-0.39, 0.29) is 0 Å². The molecule has 0 aromatic heterocycles. The number of carbonyl (C=O) groups excluding carboxylic acids is 2. The minimum Gasteiger partial charge on any atom is -0.311 e. The first kappa shape index (κ1) is 9.21. The van der Waals surface area contributed by atoms with Crippen LogP contribution in [-0.4, -0.2) is 11.9 Å². The van der Waals surface area contributed by atoms with Gasteiger partial charge in [0.2, 0.25) is 4.45 Å². The lowest BCUT2D eigenvalue weighted by molar-refractivity contribution is -0.121. The van der Waals surface area contributed by atoms with Crippen molar-refractivity contribution in [3.63, 3.8) is 0 Å². The Morgan fingerprint density at radius 2 is 1.79 bits per heavy atom. The average molecular weight is 255 g/mol. The zero-order valence-corrected chi connectivity index (χ0v) is 8.67. The van der Waals surface area contributed by atoms with Crippen molar-refractivity contribution in [3.8, 4) is 0 Å². The van der Waals surface area contributed by atoms with Crippen LogP contribution in [0.4, 0.5) is 4.79 Å². The number of amides is 3. The van der Waals surface area contributed by atoms with E-state index in [1.165, 1.54) is 0 Å². The van der Waals surface area contributed by atoms with Crippen LogP contribution in [0.15, 0.2) is 30.3 Å². The van der Waals surface area contributed by atoms with Gasteiger partial charge in [0.25, 0.3) is 5.91 Å². The third kappa shape index (κ3) is 1.29. The molecule has 0 aliphatic carbocycles. The van der Waals surface area contributed by atoms with E-state index < -0.39 is 16.4 Å². The fourth-order valence-corrected chi connectivity index (χ4v) is 1.85. The van der Waals surface area contributed by atoms with Crippen LogP contribution in [0.25, 0.3) is 0 Å². The molecular weight excluding hydrogens is 248 g/mol. The number of hydrogen-bond donors (Lipinski definition) is 2. The van der Waals surface area contributed by atoms with Gasteiger partial charge in [-0.25, -0.2) is 4.79 Å². The summed E-state index contributed by atoms with van der Waals surface area (Å²) in [4.78, 5) is 22.4. The van der Waals surface area contributed by atoms with Gasteiger partial charge in [0.15, 0.2) is 0 Å². The average Bonchev–Trinajstić information content (AvgIpc) is 2.43. The number of nitrogens with one attached hydrogen (secondary N) is 2. The maximum Gasteiger partial charge on any atom is 0.323 e. The molecule has 1 aromatic carbocycles. The molecule has 72 valence electrons. The van der Waals surface area contributed by atoms with Crippen molar-refractivity contribution in [1.29, 1.82) is 0 Å². The topological polar surface area (TPSA) is 58.2 Å². The van der Waals surface area contributed by atoms with Crippen LogP contribution in [0, 0.1) is 0 Å². The highest BCUT2D eigenvalue weighted by molar-refractivity contribution is 9.10. The van der Waals surface area contributed by atoms with E-state index in [2.05, 4.69) is 26.6 Å². The van der Waals surface area contributed by atoms with Crippen LogP contribution in [-0.2, 0) is 9.24 Å². The van der Waals surface area contributed by atoms with E-state index in [1.807, 2.05) is 6.07 Å². The third-order valence-corrected chi connectivity index (χ3v) is 3.01. The Kier molecular flexibility index (Phi) is 2.03. The Labute approximate surface area is 88.8 Å². The molecule has 3 amide bonds. The van der Waals surface area contributed by atoms with E-state index in [1.54, 1.807) is 24.3 Å². The summed E-state index contributed by atoms with van der Waals surface area (Å²) in [6, 6.07) is 8.48. The first-order chi connectivity index (χ1) is 6.63. The molecular formula is C9H7BrN2O2. The van der Waals surface area contributed by atoms with Gasteiger partial charge in [0, 0.05) is 0 Å². The second-order valence-corrected chi connectivity index (χ2v) is 4.12. The van der Waals surface area contributed by atoms with Crippen molar-refractivity contribution < 1.29 is 9.59 Å². The van der Waals surface area contributed by atoms with Crippen LogP contribution in [0.2, 0.25) is 0 Å². The second kappa shape index (κ2) is 3.09. The lowest BCUT2D eigenvalue weighted by Crippen LogP contribution is -2.37. The summed E-state index contributed by atoms with van der Waals surface area (Å²) < 4.78 is -1.12. The molecule has 1 aromatic rings. The molecule has 1 atom stereocenters. The first-order valence-electron chi connectivity index (χ1n) is 4.01. The van der Waals surface area contributed by atoms with Crippen LogP contribution in [0.1, 0.15) is 5.56 Å². The van der Waals surface area contributed by atoms with E-state index in [4.69, 9.17) is 0 Å². The van der Waals surface area contributed by atoms with Gasteiger partial charge in [-0.05, 0) is 21.5 Å². The fraction of sp³-hybridized carbons (Fsp3) is 0.111. The highest BCUT2D eigenvalue weighted by Gasteiger charge is 2.45. The summed E-state index contributed by atoms with van der Waals surface area (Å²) in [6.45, 7) is 0. The van der Waals surface area contributed by atoms with Gasteiger partial charge >= 0.3 is 6.03 Å². The van der Waals surface area contributed by atoms with Crippen molar-refractivity contribution in [2.45, 2.75) is 4.45 Å². The molecule has 1 aliphatic rings. The second-order valence-electron chi connectivity index (χ2n) is 2.93. The molecule has 2 N–H and O–H groups in total. The number of carbonyl (C=O) groups is 2. The molecule has 5 heteroatoms. The van der Waals surface area contributed by atoms with Gasteiger partial charge in [-0.2, -0.15) is 0 Å². The molecule has 0 saturated carbocycles. The molecule has 0 bridgehead atoms. The van der Waals surface area contributed by atoms with Crippen molar-refractivity contribution in [3.05, 3.63) is 35.9 Å². The van der Waals surface area contributed by atoms with Crippen molar-refractivity contribution in [2.75, 3.05) is 0 Å². The molecule has 1 aliphatic heterocycles. The molecule has 2 rings (SSSR count). The van der Waals surface area contributed by atoms with Crippen LogP contribution in [0.5, 0.6) is 0 Å². The number of urea groups is 1. The monoisotopic (exact) mass is 254 g/mol. The summed E-state index contributed by atoms with van der Waals surface area (Å²) >= 11 is 3.22. The summed E-state index contributed by atoms with van der Waals surface area (Å²) in [7, 11) is 0. The molecule has 0 radical (unpaired) electrons. The fourth-order valence-electron chi connectivity index (χ4n) is 1.30. The number of hydrogen-bond acceptors (Lipinski definition) is 2. The molecule has 4 nitrogen and oxygen atoms in total. The smallest absolute Gasteiger partial charge is 0.311 e. The maximum absolute atomic E-state index is 11.5. The van der Waals surface area contributed by atoms with Gasteiger partial charge in [0.05, 0.1) is 0 Å². The van der Waals surface area contributed by atoms with E-state index >= 15 is 0 Å². The number of alkyl halides is 1. The Balaban J connectivity index is 2.43. The minimum atomic E-state index is -1.12. The van der Waals surface area contributed by atoms with Gasteiger partial charge in [-0.3, -0.25) is 10.1 Å². The van der Waals surface area contributed by atoms with Gasteiger partial charge < -0.3 is 5.32 Å². The Bertz CT molecular complexity index is 393. The van der Waals surface area contributed by atoms with E-state index in [0.717, 1.165) is 0 Å². The van der Waals surface area contributed by atoms with Gasteiger partial charge in [0.1, 0.15) is 0 Å². The lowest BCUT2D eigenvalue weighted by atomic mass is 10.1. The quantitative estimate of drug-likeness (QED) is 0.448. The predicted molar refractivity (Wildman–Crippen MR) is 53.7 cm³/mol. The summed E-state index contributed by atoms with van der Waals surface area (Å²) in [6.07, 6.45) is 0. The molecule has 0 spiro atoms. The zero-order chi connectivity index (χ0) is 10.2. The molecule has 1 saturated heterocycles. The van der Waals surface area contributed by atoms with Gasteiger partial charge in [-0.15, -0.1) is 0 Å². The Morgan fingerprint density at radius 3 is 2.29 bits per heavy atom. The number of halogens is 1. The Morgan fingerprint density at radius 1 is 1.14 bits per heavy atom. The number of benzene rings is 1. The normalized spacial score (nSPS) is 25.8. The summed E-state index contributed by atoms with van der Waals surface area (Å²) in [5, 5.41) is 4.68. The SMILES string of the molecule is O=C1NC(=O)C(Br)(c2ccccc2)N1. The summed E-state index contributed by atoms with van der Waals surface area (Å²) in [5.41, 5.74) is 0.698. The van der Waals surface area contributed by atoms with Gasteiger partial charge in [-0.1, -0.05) is 30.3 Å².